The van der Waals surface area contributed by atoms with Crippen molar-refractivity contribution in [1.29, 1.82) is 0 Å². The molecular weight excluding hydrogens is 340 g/mol. The summed E-state index contributed by atoms with van der Waals surface area (Å²) in [6.07, 6.45) is 1.34. The lowest BCUT2D eigenvalue weighted by Gasteiger charge is -2.15. The Morgan fingerprint density at radius 3 is 2.42 bits per heavy atom. The van der Waals surface area contributed by atoms with E-state index in [0.29, 0.717) is 22.6 Å². The summed E-state index contributed by atoms with van der Waals surface area (Å²) in [5.74, 6) is -2.90. The number of carbonyl (C=O) groups excluding carboxylic acids is 5. The molecule has 1 aliphatic rings. The number of nitrogens with zero attached hydrogens (tertiary/aromatic N) is 2. The average Bonchev–Trinajstić information content (AvgIpc) is 2.83. The van der Waals surface area contributed by atoms with Crippen molar-refractivity contribution in [3.8, 4) is 0 Å². The number of unbranched alkanes of at least 4 members (excludes halogenated alkanes) is 1. The predicted octanol–water partition coefficient (Wildman–Crippen LogP) is 0.576. The third kappa shape index (κ3) is 4.05. The Balaban J connectivity index is 2.03. The van der Waals surface area contributed by atoms with E-state index >= 15 is 0 Å². The molecule has 138 valence electrons. The van der Waals surface area contributed by atoms with E-state index in [4.69, 9.17) is 0 Å². The lowest BCUT2D eigenvalue weighted by atomic mass is 10.2. The highest BCUT2D eigenvalue weighted by Crippen LogP contribution is 2.14. The predicted molar refractivity (Wildman–Crippen MR) is 92.2 cm³/mol. The van der Waals surface area contributed by atoms with Crippen LogP contribution in [0.1, 0.15) is 30.1 Å². The molecule has 1 heterocycles. The molecule has 0 aromatic heterocycles. The summed E-state index contributed by atoms with van der Waals surface area (Å²) in [6.45, 7) is 1.47. The summed E-state index contributed by atoms with van der Waals surface area (Å²) >= 11 is 0. The highest BCUT2D eigenvalue weighted by Gasteiger charge is 2.44. The lowest BCUT2D eigenvalue weighted by molar-refractivity contribution is -0.143. The second-order valence-corrected chi connectivity index (χ2v) is 5.69. The summed E-state index contributed by atoms with van der Waals surface area (Å²) < 4.78 is 0. The van der Waals surface area contributed by atoms with Crippen molar-refractivity contribution in [2.24, 2.45) is 0 Å². The van der Waals surface area contributed by atoms with Crippen molar-refractivity contribution < 1.29 is 24.0 Å². The number of rotatable bonds is 7. The van der Waals surface area contributed by atoms with Gasteiger partial charge in [-0.05, 0) is 24.6 Å². The lowest BCUT2D eigenvalue weighted by Crippen LogP contribution is -2.39. The molecule has 9 heteroatoms. The molecule has 0 spiro atoms. The zero-order valence-corrected chi connectivity index (χ0v) is 14.6. The molecule has 0 bridgehead atoms. The molecule has 0 unspecified atom stereocenters. The van der Waals surface area contributed by atoms with Gasteiger partial charge >= 0.3 is 17.8 Å². The van der Waals surface area contributed by atoms with E-state index in [-0.39, 0.29) is 12.5 Å². The molecule has 1 saturated heterocycles. The van der Waals surface area contributed by atoms with E-state index in [9.17, 15) is 24.0 Å². The van der Waals surface area contributed by atoms with E-state index in [1.807, 2.05) is 6.92 Å². The van der Waals surface area contributed by atoms with Crippen LogP contribution >= 0.6 is 0 Å². The molecule has 2 rings (SSSR count). The molecule has 2 N–H and O–H groups in total. The van der Waals surface area contributed by atoms with Crippen LogP contribution in [0.2, 0.25) is 0 Å². The number of urea groups is 1. The van der Waals surface area contributed by atoms with E-state index in [1.54, 1.807) is 18.2 Å². The maximum Gasteiger partial charge on any atom is 0.334 e. The van der Waals surface area contributed by atoms with Crippen LogP contribution in [0.4, 0.5) is 10.5 Å². The number of imide groups is 2. The number of carbonyl (C=O) groups is 5. The van der Waals surface area contributed by atoms with E-state index in [1.165, 1.54) is 13.1 Å². The summed E-state index contributed by atoms with van der Waals surface area (Å²) in [6, 6.07) is 5.40. The number of hydrogen-bond donors (Lipinski definition) is 2. The maximum atomic E-state index is 12.2. The summed E-state index contributed by atoms with van der Waals surface area (Å²) in [5.41, 5.74) is 0.684. The largest absolute Gasteiger partial charge is 0.355 e. The molecule has 1 fully saturated rings. The molecule has 6 amide bonds. The summed E-state index contributed by atoms with van der Waals surface area (Å²) in [5, 5.41) is 4.97. The van der Waals surface area contributed by atoms with Crippen molar-refractivity contribution in [2.45, 2.75) is 19.8 Å². The normalized spacial score (nSPS) is 14.0. The van der Waals surface area contributed by atoms with Crippen LogP contribution in [0.25, 0.3) is 0 Å². The molecule has 26 heavy (non-hydrogen) atoms. The van der Waals surface area contributed by atoms with Crippen molar-refractivity contribution >= 4 is 35.3 Å². The minimum atomic E-state index is -1.01. The van der Waals surface area contributed by atoms with Gasteiger partial charge in [-0.1, -0.05) is 19.4 Å². The molecule has 0 atom stereocenters. The first kappa shape index (κ1) is 19.1. The molecule has 0 aliphatic carbocycles. The number of amides is 6. The minimum Gasteiger partial charge on any atom is -0.355 e. The van der Waals surface area contributed by atoms with Crippen molar-refractivity contribution in [1.82, 2.24) is 15.1 Å². The number of benzene rings is 1. The Kier molecular flexibility index (Phi) is 6.05. The van der Waals surface area contributed by atoms with Gasteiger partial charge in [-0.2, -0.15) is 0 Å². The van der Waals surface area contributed by atoms with Crippen LogP contribution in [0.15, 0.2) is 24.3 Å². The van der Waals surface area contributed by atoms with Crippen molar-refractivity contribution in [3.05, 3.63) is 29.8 Å². The third-order valence-corrected chi connectivity index (χ3v) is 3.81. The Hall–Kier alpha value is -3.23. The molecule has 0 saturated carbocycles. The number of anilines is 1. The smallest absolute Gasteiger partial charge is 0.334 e. The Morgan fingerprint density at radius 2 is 1.77 bits per heavy atom. The third-order valence-electron chi connectivity index (χ3n) is 3.81. The zero-order chi connectivity index (χ0) is 19.3. The first-order valence-corrected chi connectivity index (χ1v) is 8.18. The Bertz CT molecular complexity index is 761. The fourth-order valence-electron chi connectivity index (χ4n) is 2.43. The van der Waals surface area contributed by atoms with Crippen LogP contribution in [0.3, 0.4) is 0 Å². The number of hydrogen-bond acceptors (Lipinski definition) is 5. The molecule has 1 aromatic rings. The quantitative estimate of drug-likeness (QED) is 0.545. The van der Waals surface area contributed by atoms with Crippen molar-refractivity contribution in [3.63, 3.8) is 0 Å². The fraction of sp³-hybridized carbons (Fsp3) is 0.353. The first-order chi connectivity index (χ1) is 12.4. The molecule has 9 nitrogen and oxygen atoms in total. The van der Waals surface area contributed by atoms with Gasteiger partial charge in [0.15, 0.2) is 0 Å². The number of nitrogens with one attached hydrogen (secondary N) is 2. The van der Waals surface area contributed by atoms with Gasteiger partial charge in [0, 0.05) is 24.8 Å². The van der Waals surface area contributed by atoms with Crippen LogP contribution in [-0.2, 0) is 14.4 Å². The average molecular weight is 360 g/mol. The van der Waals surface area contributed by atoms with Crippen LogP contribution in [0.5, 0.6) is 0 Å². The van der Waals surface area contributed by atoms with Gasteiger partial charge in [0.1, 0.15) is 6.54 Å². The maximum absolute atomic E-state index is 12.2. The minimum absolute atomic E-state index is 0.145. The standard InChI is InChI=1S/C17H20N4O5/c1-3-4-8-20-15(24)16(25)21(17(20)26)10-13(22)19-12-7-5-6-11(9-12)14(23)18-2/h5-7,9H,3-4,8,10H2,1-2H3,(H,18,23)(H,19,22). The molecular formula is C17H20N4O5. The second-order valence-electron chi connectivity index (χ2n) is 5.69. The SMILES string of the molecule is CCCCN1C(=O)C(=O)N(CC(=O)Nc2cccc(C(=O)NC)c2)C1=O. The van der Waals surface area contributed by atoms with Gasteiger partial charge in [-0.25, -0.2) is 9.69 Å². The highest BCUT2D eigenvalue weighted by atomic mass is 16.2. The Morgan fingerprint density at radius 1 is 1.08 bits per heavy atom. The fourth-order valence-corrected chi connectivity index (χ4v) is 2.43. The van der Waals surface area contributed by atoms with Gasteiger partial charge in [0.05, 0.1) is 0 Å². The summed E-state index contributed by atoms with van der Waals surface area (Å²) in [7, 11) is 1.49. The van der Waals surface area contributed by atoms with E-state index in [0.717, 1.165) is 11.3 Å². The van der Waals surface area contributed by atoms with E-state index < -0.39 is 30.3 Å². The topological polar surface area (TPSA) is 116 Å². The molecule has 1 aliphatic heterocycles. The van der Waals surface area contributed by atoms with Gasteiger partial charge in [0.25, 0.3) is 5.91 Å². The summed E-state index contributed by atoms with van der Waals surface area (Å²) in [4.78, 5) is 61.2. The van der Waals surface area contributed by atoms with Crippen LogP contribution in [-0.4, -0.2) is 59.6 Å². The van der Waals surface area contributed by atoms with Gasteiger partial charge in [0.2, 0.25) is 5.91 Å². The monoisotopic (exact) mass is 360 g/mol. The van der Waals surface area contributed by atoms with Gasteiger partial charge in [-0.15, -0.1) is 0 Å². The zero-order valence-electron chi connectivity index (χ0n) is 14.6. The van der Waals surface area contributed by atoms with Crippen molar-refractivity contribution in [2.75, 3.05) is 25.5 Å². The Labute approximate surface area is 150 Å². The van der Waals surface area contributed by atoms with Gasteiger partial charge in [-0.3, -0.25) is 24.1 Å². The highest BCUT2D eigenvalue weighted by molar-refractivity contribution is 6.45. The van der Waals surface area contributed by atoms with E-state index in [2.05, 4.69) is 10.6 Å². The van der Waals surface area contributed by atoms with Crippen LogP contribution in [0, 0.1) is 0 Å². The molecule has 0 radical (unpaired) electrons. The van der Waals surface area contributed by atoms with Crippen LogP contribution < -0.4 is 10.6 Å². The van der Waals surface area contributed by atoms with Gasteiger partial charge < -0.3 is 10.6 Å². The first-order valence-electron chi connectivity index (χ1n) is 8.18. The second kappa shape index (κ2) is 8.24. The molecule has 1 aromatic carbocycles.